The van der Waals surface area contributed by atoms with E-state index in [0.29, 0.717) is 5.69 Å². The van der Waals surface area contributed by atoms with Crippen LogP contribution in [0.1, 0.15) is 16.2 Å². The third kappa shape index (κ3) is 2.73. The van der Waals surface area contributed by atoms with Crippen molar-refractivity contribution in [3.63, 3.8) is 0 Å². The Morgan fingerprint density at radius 2 is 2.21 bits per heavy atom. The second-order valence-electron chi connectivity index (χ2n) is 3.71. The number of nitro groups is 1. The number of nitrogens with zero attached hydrogens (tertiary/aromatic N) is 2. The van der Waals surface area contributed by atoms with Crippen molar-refractivity contribution >= 4 is 17.3 Å². The first-order valence-electron chi connectivity index (χ1n) is 5.16. The third-order valence-electron chi connectivity index (χ3n) is 2.25. The lowest BCUT2D eigenvalue weighted by molar-refractivity contribution is -0.387. The molecule has 1 heterocycles. The minimum Gasteiger partial charge on any atom is -0.351 e. The number of rotatable bonds is 3. The van der Waals surface area contributed by atoms with Crippen LogP contribution >= 0.6 is 0 Å². The normalized spacial score (nSPS) is 10.2. The molecule has 7 nitrogen and oxygen atoms in total. The minimum atomic E-state index is -0.974. The SMILES string of the molecule is Cc1cc(C(=O)Nc2ccc(F)c([N+](=O)[O-])c2)on1. The summed E-state index contributed by atoms with van der Waals surface area (Å²) < 4.78 is 17.8. The highest BCUT2D eigenvalue weighted by molar-refractivity contribution is 6.02. The quantitative estimate of drug-likeness (QED) is 0.678. The molecule has 0 radical (unpaired) electrons. The smallest absolute Gasteiger partial charge is 0.306 e. The number of amides is 1. The Balaban J connectivity index is 2.22. The van der Waals surface area contributed by atoms with E-state index in [1.54, 1.807) is 6.92 Å². The van der Waals surface area contributed by atoms with E-state index >= 15 is 0 Å². The minimum absolute atomic E-state index is 0.0375. The molecule has 98 valence electrons. The average Bonchev–Trinajstić information content (AvgIpc) is 2.78. The van der Waals surface area contributed by atoms with Gasteiger partial charge in [-0.1, -0.05) is 5.16 Å². The van der Waals surface area contributed by atoms with Gasteiger partial charge in [0.2, 0.25) is 11.6 Å². The molecule has 0 fully saturated rings. The van der Waals surface area contributed by atoms with Crippen LogP contribution in [0.2, 0.25) is 0 Å². The van der Waals surface area contributed by atoms with Crippen molar-refractivity contribution in [2.45, 2.75) is 6.92 Å². The first-order valence-corrected chi connectivity index (χ1v) is 5.16. The van der Waals surface area contributed by atoms with Gasteiger partial charge in [0.15, 0.2) is 0 Å². The van der Waals surface area contributed by atoms with E-state index in [2.05, 4.69) is 10.5 Å². The van der Waals surface area contributed by atoms with Gasteiger partial charge in [-0.25, -0.2) is 0 Å². The van der Waals surface area contributed by atoms with Gasteiger partial charge in [-0.3, -0.25) is 14.9 Å². The lowest BCUT2D eigenvalue weighted by atomic mass is 10.2. The number of aryl methyl sites for hydroxylation is 1. The topological polar surface area (TPSA) is 98.3 Å². The van der Waals surface area contributed by atoms with Crippen molar-refractivity contribution in [3.05, 3.63) is 51.7 Å². The molecule has 0 saturated heterocycles. The zero-order valence-corrected chi connectivity index (χ0v) is 9.71. The highest BCUT2D eigenvalue weighted by Gasteiger charge is 2.17. The first kappa shape index (κ1) is 12.7. The van der Waals surface area contributed by atoms with Gasteiger partial charge in [0, 0.05) is 17.8 Å². The molecule has 19 heavy (non-hydrogen) atoms. The Morgan fingerprint density at radius 3 is 2.79 bits per heavy atom. The summed E-state index contributed by atoms with van der Waals surface area (Å²) in [6.45, 7) is 1.64. The number of hydrogen-bond acceptors (Lipinski definition) is 5. The van der Waals surface area contributed by atoms with Gasteiger partial charge in [-0.15, -0.1) is 0 Å². The lowest BCUT2D eigenvalue weighted by Gasteiger charge is -2.02. The van der Waals surface area contributed by atoms with Gasteiger partial charge >= 0.3 is 5.69 Å². The molecule has 0 bridgehead atoms. The first-order chi connectivity index (χ1) is 8.97. The summed E-state index contributed by atoms with van der Waals surface area (Å²) in [4.78, 5) is 21.4. The predicted molar refractivity (Wildman–Crippen MR) is 62.2 cm³/mol. The van der Waals surface area contributed by atoms with Crippen LogP contribution in [0.5, 0.6) is 0 Å². The summed E-state index contributed by atoms with van der Waals surface area (Å²) in [6.07, 6.45) is 0. The van der Waals surface area contributed by atoms with Gasteiger partial charge < -0.3 is 9.84 Å². The molecule has 0 aliphatic carbocycles. The lowest BCUT2D eigenvalue weighted by Crippen LogP contribution is -2.11. The Hall–Kier alpha value is -2.77. The Bertz CT molecular complexity index is 653. The maximum atomic E-state index is 13.1. The van der Waals surface area contributed by atoms with Gasteiger partial charge in [-0.2, -0.15) is 4.39 Å². The number of carbonyl (C=O) groups is 1. The van der Waals surface area contributed by atoms with Crippen LogP contribution in [0.25, 0.3) is 0 Å². The molecule has 1 aromatic heterocycles. The summed E-state index contributed by atoms with van der Waals surface area (Å²) in [5.41, 5.74) is -0.103. The second kappa shape index (κ2) is 4.84. The monoisotopic (exact) mass is 265 g/mol. The Morgan fingerprint density at radius 1 is 1.47 bits per heavy atom. The number of hydrogen-bond donors (Lipinski definition) is 1. The average molecular weight is 265 g/mol. The molecule has 2 rings (SSSR count). The van der Waals surface area contributed by atoms with E-state index in [1.165, 1.54) is 12.1 Å². The number of halogens is 1. The molecule has 0 aliphatic rings. The van der Waals surface area contributed by atoms with E-state index in [4.69, 9.17) is 4.52 Å². The number of nitrogens with one attached hydrogen (secondary N) is 1. The highest BCUT2D eigenvalue weighted by Crippen LogP contribution is 2.22. The fourth-order valence-electron chi connectivity index (χ4n) is 1.39. The van der Waals surface area contributed by atoms with E-state index in [-0.39, 0.29) is 11.4 Å². The van der Waals surface area contributed by atoms with Gasteiger partial charge in [0.25, 0.3) is 5.91 Å². The van der Waals surface area contributed by atoms with Crippen molar-refractivity contribution in [2.24, 2.45) is 0 Å². The van der Waals surface area contributed by atoms with Crippen LogP contribution in [-0.2, 0) is 0 Å². The Labute approximate surface area is 106 Å². The molecular weight excluding hydrogens is 257 g/mol. The molecule has 8 heteroatoms. The van der Waals surface area contributed by atoms with Crippen LogP contribution < -0.4 is 5.32 Å². The van der Waals surface area contributed by atoms with E-state index < -0.39 is 22.3 Å². The number of benzene rings is 1. The molecule has 0 atom stereocenters. The largest absolute Gasteiger partial charge is 0.351 e. The molecule has 1 aromatic carbocycles. The van der Waals surface area contributed by atoms with Crippen LogP contribution in [0, 0.1) is 22.9 Å². The van der Waals surface area contributed by atoms with Crippen LogP contribution in [-0.4, -0.2) is 16.0 Å². The van der Waals surface area contributed by atoms with Crippen molar-refractivity contribution in [1.82, 2.24) is 5.16 Å². The van der Waals surface area contributed by atoms with Crippen LogP contribution in [0.15, 0.2) is 28.8 Å². The van der Waals surface area contributed by atoms with Crippen molar-refractivity contribution in [2.75, 3.05) is 5.32 Å². The summed E-state index contributed by atoms with van der Waals surface area (Å²) in [5.74, 6) is -1.63. The summed E-state index contributed by atoms with van der Waals surface area (Å²) >= 11 is 0. The van der Waals surface area contributed by atoms with Crippen molar-refractivity contribution in [3.8, 4) is 0 Å². The van der Waals surface area contributed by atoms with E-state index in [0.717, 1.165) is 12.1 Å². The maximum absolute atomic E-state index is 13.1. The number of aromatic nitrogens is 1. The maximum Gasteiger partial charge on any atom is 0.306 e. The molecule has 1 amide bonds. The summed E-state index contributed by atoms with van der Waals surface area (Å²) in [7, 11) is 0. The van der Waals surface area contributed by atoms with Gasteiger partial charge in [0.1, 0.15) is 0 Å². The van der Waals surface area contributed by atoms with Gasteiger partial charge in [-0.05, 0) is 19.1 Å². The van der Waals surface area contributed by atoms with Crippen LogP contribution in [0.3, 0.4) is 0 Å². The fraction of sp³-hybridized carbons (Fsp3) is 0.0909. The summed E-state index contributed by atoms with van der Waals surface area (Å²) in [5, 5.41) is 16.4. The van der Waals surface area contributed by atoms with E-state index in [9.17, 15) is 19.3 Å². The summed E-state index contributed by atoms with van der Waals surface area (Å²) in [6, 6.07) is 4.45. The molecular formula is C11H8FN3O4. The molecule has 0 aliphatic heterocycles. The predicted octanol–water partition coefficient (Wildman–Crippen LogP) is 2.28. The molecule has 0 spiro atoms. The number of nitro benzene ring substituents is 1. The highest BCUT2D eigenvalue weighted by atomic mass is 19.1. The number of carbonyl (C=O) groups excluding carboxylic acids is 1. The van der Waals surface area contributed by atoms with E-state index in [1.807, 2.05) is 0 Å². The standard InChI is InChI=1S/C11H8FN3O4/c1-6-4-10(19-14-6)11(16)13-7-2-3-8(12)9(5-7)15(17)18/h2-5H,1H3,(H,13,16). The molecule has 0 unspecified atom stereocenters. The molecule has 0 saturated carbocycles. The zero-order chi connectivity index (χ0) is 14.0. The second-order valence-corrected chi connectivity index (χ2v) is 3.71. The molecule has 2 aromatic rings. The van der Waals surface area contributed by atoms with Crippen molar-refractivity contribution in [1.29, 1.82) is 0 Å². The zero-order valence-electron chi connectivity index (χ0n) is 9.71. The molecule has 1 N–H and O–H groups in total. The third-order valence-corrected chi connectivity index (χ3v) is 2.25. The van der Waals surface area contributed by atoms with Gasteiger partial charge in [0.05, 0.1) is 10.6 Å². The van der Waals surface area contributed by atoms with Crippen LogP contribution in [0.4, 0.5) is 15.8 Å². The van der Waals surface area contributed by atoms with Crippen molar-refractivity contribution < 1.29 is 18.6 Å². The number of anilines is 1. The Kier molecular flexibility index (Phi) is 3.23. The fourth-order valence-corrected chi connectivity index (χ4v) is 1.39.